The predicted molar refractivity (Wildman–Crippen MR) is 58.9 cm³/mol. The number of alkyl halides is 3. The zero-order valence-corrected chi connectivity index (χ0v) is 9.98. The number of carbonyl (C=O) groups excluding carboxylic acids is 1. The van der Waals surface area contributed by atoms with E-state index in [4.69, 9.17) is 0 Å². The third kappa shape index (κ3) is 4.49. The van der Waals surface area contributed by atoms with E-state index in [0.29, 0.717) is 6.07 Å². The quantitative estimate of drug-likeness (QED) is 0.754. The number of aliphatic hydroxyl groups excluding tert-OH is 2. The van der Waals surface area contributed by atoms with Gasteiger partial charge in [-0.2, -0.15) is 13.2 Å². The maximum absolute atomic E-state index is 12.4. The van der Waals surface area contributed by atoms with Crippen LogP contribution in [0.4, 0.5) is 13.2 Å². The smallest absolute Gasteiger partial charge is 0.388 e. The van der Waals surface area contributed by atoms with Crippen molar-refractivity contribution in [2.45, 2.75) is 25.3 Å². The number of amides is 1. The van der Waals surface area contributed by atoms with Crippen molar-refractivity contribution in [1.82, 2.24) is 10.3 Å². The first-order valence-electron chi connectivity index (χ1n) is 5.35. The van der Waals surface area contributed by atoms with Crippen LogP contribution in [-0.4, -0.2) is 33.8 Å². The molecule has 0 saturated carbocycles. The van der Waals surface area contributed by atoms with Crippen LogP contribution in [0.5, 0.6) is 0 Å². The summed E-state index contributed by atoms with van der Waals surface area (Å²) in [5.41, 5.74) is -1.28. The average Bonchev–Trinajstić information content (AvgIpc) is 2.34. The predicted octanol–water partition coefficient (Wildman–Crippen LogP) is 0.631. The van der Waals surface area contributed by atoms with E-state index < -0.39 is 30.0 Å². The van der Waals surface area contributed by atoms with E-state index in [1.165, 1.54) is 6.92 Å². The van der Waals surface area contributed by atoms with Crippen molar-refractivity contribution in [3.05, 3.63) is 29.6 Å². The van der Waals surface area contributed by atoms with Gasteiger partial charge in [-0.05, 0) is 17.7 Å². The highest BCUT2D eigenvalue weighted by molar-refractivity contribution is 5.72. The summed E-state index contributed by atoms with van der Waals surface area (Å²) in [6.45, 7) is 0.952. The molecule has 0 aromatic carbocycles. The number of aromatic nitrogens is 1. The minimum absolute atomic E-state index is 0.125. The number of nitrogens with one attached hydrogen (secondary N) is 1. The number of carbonyl (C=O) groups is 1. The number of nitrogens with zero attached hydrogens (tertiary/aromatic N) is 1. The summed E-state index contributed by atoms with van der Waals surface area (Å²) in [5, 5.41) is 21.5. The lowest BCUT2D eigenvalue weighted by Gasteiger charge is -2.19. The molecule has 0 radical (unpaired) electrons. The molecule has 0 bridgehead atoms. The normalized spacial score (nSPS) is 14.8. The van der Waals surface area contributed by atoms with Crippen LogP contribution in [0.1, 0.15) is 24.3 Å². The van der Waals surface area contributed by atoms with Crippen molar-refractivity contribution in [3.63, 3.8) is 0 Å². The molecule has 0 aliphatic carbocycles. The number of halogens is 3. The van der Waals surface area contributed by atoms with Gasteiger partial charge in [0.1, 0.15) is 17.9 Å². The van der Waals surface area contributed by atoms with E-state index in [9.17, 15) is 28.2 Å². The van der Waals surface area contributed by atoms with Crippen LogP contribution in [0.3, 0.4) is 0 Å². The number of pyridine rings is 1. The Morgan fingerprint density at radius 1 is 1.47 bits per heavy atom. The van der Waals surface area contributed by atoms with Crippen molar-refractivity contribution in [2.75, 3.05) is 6.54 Å². The van der Waals surface area contributed by atoms with Gasteiger partial charge in [0.05, 0.1) is 0 Å². The van der Waals surface area contributed by atoms with Crippen LogP contribution in [-0.2, 0) is 11.0 Å². The molecule has 2 unspecified atom stereocenters. The minimum atomic E-state index is -4.63. The number of hydrogen-bond acceptors (Lipinski definition) is 4. The average molecular weight is 278 g/mol. The summed E-state index contributed by atoms with van der Waals surface area (Å²) in [5.74, 6) is -0.419. The van der Waals surface area contributed by atoms with Crippen molar-refractivity contribution in [1.29, 1.82) is 0 Å². The molecule has 1 rings (SSSR count). The van der Waals surface area contributed by atoms with Gasteiger partial charge >= 0.3 is 6.18 Å². The van der Waals surface area contributed by atoms with E-state index in [1.54, 1.807) is 0 Å². The lowest BCUT2D eigenvalue weighted by atomic mass is 10.0. The van der Waals surface area contributed by atoms with E-state index in [1.807, 2.05) is 0 Å². The van der Waals surface area contributed by atoms with Crippen molar-refractivity contribution < 1.29 is 28.2 Å². The Kier molecular flexibility index (Phi) is 4.84. The summed E-state index contributed by atoms with van der Waals surface area (Å²) >= 11 is 0. The fraction of sp³-hybridized carbons (Fsp3) is 0.455. The molecule has 1 aromatic rings. The lowest BCUT2D eigenvalue weighted by molar-refractivity contribution is -0.141. The first kappa shape index (κ1) is 15.4. The van der Waals surface area contributed by atoms with Crippen LogP contribution >= 0.6 is 0 Å². The van der Waals surface area contributed by atoms with Crippen molar-refractivity contribution >= 4 is 5.91 Å². The molecule has 1 heterocycles. The van der Waals surface area contributed by atoms with Crippen LogP contribution < -0.4 is 5.32 Å². The molecule has 3 N–H and O–H groups in total. The SMILES string of the molecule is CC(=O)NCC(O)C(O)c1ccnc(C(F)(F)F)c1. The summed E-state index contributed by atoms with van der Waals surface area (Å²) < 4.78 is 37.3. The fourth-order valence-corrected chi connectivity index (χ4v) is 1.37. The molecule has 0 aliphatic heterocycles. The highest BCUT2D eigenvalue weighted by Gasteiger charge is 2.33. The molecule has 19 heavy (non-hydrogen) atoms. The molecule has 5 nitrogen and oxygen atoms in total. The Hall–Kier alpha value is -1.67. The van der Waals surface area contributed by atoms with Gasteiger partial charge in [-0.1, -0.05) is 0 Å². The molecule has 106 valence electrons. The molecule has 0 spiro atoms. The van der Waals surface area contributed by atoms with Gasteiger partial charge in [0.25, 0.3) is 0 Å². The maximum atomic E-state index is 12.4. The second-order valence-electron chi connectivity index (χ2n) is 3.92. The molecule has 0 aliphatic rings. The highest BCUT2D eigenvalue weighted by Crippen LogP contribution is 2.29. The maximum Gasteiger partial charge on any atom is 0.433 e. The van der Waals surface area contributed by atoms with Gasteiger partial charge in [-0.3, -0.25) is 9.78 Å². The number of rotatable bonds is 4. The molecule has 8 heteroatoms. The van der Waals surface area contributed by atoms with E-state index in [2.05, 4.69) is 10.3 Å². The third-order valence-corrected chi connectivity index (χ3v) is 2.34. The summed E-state index contributed by atoms with van der Waals surface area (Å²) in [6, 6.07) is 1.82. The summed E-state index contributed by atoms with van der Waals surface area (Å²) in [6.07, 6.45) is -6.69. The first-order chi connectivity index (χ1) is 8.71. The number of hydrogen-bond donors (Lipinski definition) is 3. The molecule has 1 amide bonds. The van der Waals surface area contributed by atoms with Gasteiger partial charge in [0, 0.05) is 19.7 Å². The van der Waals surface area contributed by atoms with Gasteiger partial charge in [-0.15, -0.1) is 0 Å². The van der Waals surface area contributed by atoms with E-state index in [0.717, 1.165) is 12.3 Å². The molecule has 0 saturated heterocycles. The zero-order chi connectivity index (χ0) is 14.6. The number of aliphatic hydroxyl groups is 2. The third-order valence-electron chi connectivity index (χ3n) is 2.34. The first-order valence-corrected chi connectivity index (χ1v) is 5.35. The monoisotopic (exact) mass is 278 g/mol. The molecular weight excluding hydrogens is 265 g/mol. The lowest BCUT2D eigenvalue weighted by Crippen LogP contribution is -2.34. The molecule has 0 fully saturated rings. The Balaban J connectivity index is 2.82. The molecule has 1 aromatic heterocycles. The molecular formula is C11H13F3N2O3. The summed E-state index contributed by atoms with van der Waals surface area (Å²) in [4.78, 5) is 13.8. The largest absolute Gasteiger partial charge is 0.433 e. The standard InChI is InChI=1S/C11H13F3N2O3/c1-6(17)16-5-8(18)10(19)7-2-3-15-9(4-7)11(12,13)14/h2-4,8,10,18-19H,5H2,1H3,(H,16,17). The summed E-state index contributed by atoms with van der Waals surface area (Å²) in [7, 11) is 0. The van der Waals surface area contributed by atoms with E-state index in [-0.39, 0.29) is 12.1 Å². The van der Waals surface area contributed by atoms with E-state index >= 15 is 0 Å². The van der Waals surface area contributed by atoms with Crippen LogP contribution in [0.25, 0.3) is 0 Å². The van der Waals surface area contributed by atoms with Crippen molar-refractivity contribution in [3.8, 4) is 0 Å². The zero-order valence-electron chi connectivity index (χ0n) is 9.98. The van der Waals surface area contributed by atoms with Crippen LogP contribution in [0.2, 0.25) is 0 Å². The van der Waals surface area contributed by atoms with Gasteiger partial charge in [-0.25, -0.2) is 0 Å². The van der Waals surface area contributed by atoms with Gasteiger partial charge in [0.15, 0.2) is 0 Å². The Labute approximate surface area is 107 Å². The van der Waals surface area contributed by atoms with Gasteiger partial charge in [0.2, 0.25) is 5.91 Å². The topological polar surface area (TPSA) is 82.5 Å². The molecule has 2 atom stereocenters. The second-order valence-corrected chi connectivity index (χ2v) is 3.92. The van der Waals surface area contributed by atoms with Crippen molar-refractivity contribution in [2.24, 2.45) is 0 Å². The second kappa shape index (κ2) is 5.98. The van der Waals surface area contributed by atoms with Gasteiger partial charge < -0.3 is 15.5 Å². The van der Waals surface area contributed by atoms with Crippen LogP contribution in [0, 0.1) is 0 Å². The Bertz CT molecular complexity index is 451. The highest BCUT2D eigenvalue weighted by atomic mass is 19.4. The minimum Gasteiger partial charge on any atom is -0.388 e. The Morgan fingerprint density at radius 3 is 2.63 bits per heavy atom. The van der Waals surface area contributed by atoms with Crippen LogP contribution in [0.15, 0.2) is 18.3 Å². The fourth-order valence-electron chi connectivity index (χ4n) is 1.37. The Morgan fingerprint density at radius 2 is 2.11 bits per heavy atom.